The average molecular weight is 451 g/mol. The van der Waals surface area contributed by atoms with E-state index in [0.29, 0.717) is 23.8 Å². The first-order valence-corrected chi connectivity index (χ1v) is 8.85. The molecule has 0 atom stereocenters. The van der Waals surface area contributed by atoms with Gasteiger partial charge in [0.2, 0.25) is 0 Å². The van der Waals surface area contributed by atoms with Gasteiger partial charge in [0, 0.05) is 20.4 Å². The molecular weight excluding hydrogens is 424 g/mol. The summed E-state index contributed by atoms with van der Waals surface area (Å²) in [5, 5.41) is 21.9. The third kappa shape index (κ3) is 9.69. The van der Waals surface area contributed by atoms with Crippen LogP contribution in [0.1, 0.15) is 34.6 Å². The molecule has 9 nitrogen and oxygen atoms in total. The molecule has 1 amide bonds. The predicted molar refractivity (Wildman–Crippen MR) is 110 cm³/mol. The van der Waals surface area contributed by atoms with Gasteiger partial charge in [0.05, 0.1) is 18.5 Å². The third-order valence-electron chi connectivity index (χ3n) is 3.41. The van der Waals surface area contributed by atoms with Crippen LogP contribution in [0.15, 0.2) is 30.6 Å². The number of H-pyrrole nitrogens is 1. The van der Waals surface area contributed by atoms with Crippen molar-refractivity contribution in [1.82, 2.24) is 25.0 Å². The van der Waals surface area contributed by atoms with Crippen molar-refractivity contribution >= 4 is 11.7 Å². The zero-order chi connectivity index (χ0) is 21.6. The van der Waals surface area contributed by atoms with E-state index in [9.17, 15) is 4.79 Å². The van der Waals surface area contributed by atoms with Gasteiger partial charge in [-0.15, -0.1) is 6.20 Å². The molecule has 0 aliphatic rings. The molecule has 0 fully saturated rings. The smallest absolute Gasteiger partial charge is 0.506 e. The van der Waals surface area contributed by atoms with Gasteiger partial charge in [0.25, 0.3) is 5.91 Å². The fourth-order valence-electron chi connectivity index (χ4n) is 1.88. The molecule has 0 bridgehead atoms. The Morgan fingerprint density at radius 1 is 1.40 bits per heavy atom. The van der Waals surface area contributed by atoms with Gasteiger partial charge in [0.1, 0.15) is 11.4 Å². The summed E-state index contributed by atoms with van der Waals surface area (Å²) in [6.07, 6.45) is 7.62. The zero-order valence-electron chi connectivity index (χ0n) is 17.4. The van der Waals surface area contributed by atoms with Gasteiger partial charge >= 0.3 is 17.4 Å². The van der Waals surface area contributed by atoms with Crippen molar-refractivity contribution in [2.75, 3.05) is 12.4 Å². The van der Waals surface area contributed by atoms with Gasteiger partial charge in [-0.05, 0) is 30.4 Å². The van der Waals surface area contributed by atoms with Crippen molar-refractivity contribution in [3.05, 3.63) is 67.6 Å². The summed E-state index contributed by atoms with van der Waals surface area (Å²) < 4.78 is 6.45. The molecule has 0 aliphatic carbocycles. The summed E-state index contributed by atoms with van der Waals surface area (Å²) in [5.41, 5.74) is 2.01. The maximum absolute atomic E-state index is 11.9. The van der Waals surface area contributed by atoms with Crippen LogP contribution in [0.2, 0.25) is 0 Å². The molecule has 0 unspecified atom stereocenters. The molecule has 0 aromatic carbocycles. The Hall–Kier alpha value is -2.67. The number of pyridine rings is 1. The summed E-state index contributed by atoms with van der Waals surface area (Å²) in [6.45, 7) is 9.29. The van der Waals surface area contributed by atoms with E-state index in [0.717, 1.165) is 18.4 Å². The van der Waals surface area contributed by atoms with Gasteiger partial charge in [-0.3, -0.25) is 19.6 Å². The molecule has 0 saturated carbocycles. The Bertz CT molecular complexity index is 829. The molecule has 10 heteroatoms. The van der Waals surface area contributed by atoms with Gasteiger partial charge in [0.15, 0.2) is 0 Å². The number of aromatic hydroxyl groups is 1. The normalized spacial score (nSPS) is 9.37. The SMILES string of the molecule is COCc1cc(C(=O)Nc2c[c-][nH]n2)n(C)n1.Cc1ccncc1O.[CH2-]CC[CH2-].[Cr+3]. The van der Waals surface area contributed by atoms with Crippen LogP contribution in [0, 0.1) is 27.0 Å². The van der Waals surface area contributed by atoms with Crippen molar-refractivity contribution in [3.63, 3.8) is 0 Å². The van der Waals surface area contributed by atoms with Gasteiger partial charge in [-0.2, -0.15) is 11.2 Å². The van der Waals surface area contributed by atoms with E-state index in [1.54, 1.807) is 38.6 Å². The Kier molecular flexibility index (Phi) is 13.9. The molecule has 3 heterocycles. The zero-order valence-corrected chi connectivity index (χ0v) is 18.7. The number of carbonyl (C=O) groups is 1. The average Bonchev–Trinajstić information content (AvgIpc) is 3.34. The Morgan fingerprint density at radius 3 is 2.57 bits per heavy atom. The molecule has 1 radical (unpaired) electrons. The minimum absolute atomic E-state index is 0. The molecule has 0 aliphatic heterocycles. The van der Waals surface area contributed by atoms with Crippen LogP contribution in [0.25, 0.3) is 0 Å². The summed E-state index contributed by atoms with van der Waals surface area (Å²) >= 11 is 0. The molecular formula is C20H27CrN6O3. The summed E-state index contributed by atoms with van der Waals surface area (Å²) in [7, 11) is 3.28. The number of hydrogen-bond acceptors (Lipinski definition) is 6. The van der Waals surface area contributed by atoms with Crippen LogP contribution in [0.3, 0.4) is 0 Å². The standard InChI is InChI=1S/C10H12N5O2.C6H7NO.C4H8.Cr/c1-15-8(5-7(14-15)6-17-2)10(16)12-9-3-4-11-13-9;1-5-2-3-7-4-6(5)8;1-3-4-2;/h3,5H,6H2,1-2H3,(H2,11,12,13,16);2-4,8H,1H3;1-4H2;/q-1;;-2;+3. The molecule has 161 valence electrons. The number of amides is 1. The topological polar surface area (TPSA) is 118 Å². The van der Waals surface area contributed by atoms with Crippen molar-refractivity contribution in [2.45, 2.75) is 26.4 Å². The van der Waals surface area contributed by atoms with Gasteiger partial charge < -0.3 is 34.1 Å². The number of ether oxygens (including phenoxy) is 1. The molecule has 3 N–H and O–H groups in total. The molecule has 3 aromatic rings. The first kappa shape index (κ1) is 27.3. The first-order chi connectivity index (χ1) is 13.9. The number of carbonyl (C=O) groups excluding carboxylic acids is 1. The second kappa shape index (κ2) is 15.2. The van der Waals surface area contributed by atoms with Crippen molar-refractivity contribution in [3.8, 4) is 5.75 Å². The maximum atomic E-state index is 11.9. The number of aromatic amines is 1. The molecule has 30 heavy (non-hydrogen) atoms. The minimum Gasteiger partial charge on any atom is -0.506 e. The van der Waals surface area contributed by atoms with Crippen LogP contribution in [-0.2, 0) is 35.8 Å². The van der Waals surface area contributed by atoms with E-state index >= 15 is 0 Å². The number of nitrogens with one attached hydrogen (secondary N) is 2. The van der Waals surface area contributed by atoms with Crippen molar-refractivity contribution < 1.29 is 32.0 Å². The molecule has 3 rings (SSSR count). The van der Waals surface area contributed by atoms with E-state index in [1.165, 1.54) is 10.9 Å². The summed E-state index contributed by atoms with van der Waals surface area (Å²) in [4.78, 5) is 15.6. The van der Waals surface area contributed by atoms with E-state index < -0.39 is 0 Å². The summed E-state index contributed by atoms with van der Waals surface area (Å²) in [6, 6.07) is 4.98. The van der Waals surface area contributed by atoms with Crippen molar-refractivity contribution in [1.29, 1.82) is 0 Å². The number of unbranched alkanes of at least 4 members (excludes halogenated alkanes) is 1. The number of hydrogen-bond donors (Lipinski definition) is 3. The second-order valence-electron chi connectivity index (χ2n) is 5.80. The molecule has 3 aromatic heterocycles. The fourth-order valence-corrected chi connectivity index (χ4v) is 1.88. The minimum atomic E-state index is -0.275. The monoisotopic (exact) mass is 451 g/mol. The number of rotatable bonds is 5. The quantitative estimate of drug-likeness (QED) is 0.514. The van der Waals surface area contributed by atoms with Crippen molar-refractivity contribution in [2.24, 2.45) is 7.05 Å². The molecule has 0 saturated heterocycles. The number of methoxy groups -OCH3 is 1. The Balaban J connectivity index is 0.000000540. The van der Waals surface area contributed by atoms with Crippen LogP contribution in [0.5, 0.6) is 5.75 Å². The molecule has 0 spiro atoms. The van der Waals surface area contributed by atoms with Crippen LogP contribution in [0.4, 0.5) is 5.82 Å². The second-order valence-corrected chi connectivity index (χ2v) is 5.80. The largest absolute Gasteiger partial charge is 3.00 e. The van der Waals surface area contributed by atoms with Gasteiger partial charge in [-0.25, -0.2) is 12.8 Å². The number of aromatic nitrogens is 5. The van der Waals surface area contributed by atoms with Crippen LogP contribution < -0.4 is 5.32 Å². The maximum Gasteiger partial charge on any atom is 3.00 e. The van der Waals surface area contributed by atoms with Gasteiger partial charge in [-0.1, -0.05) is 0 Å². The fraction of sp³-hybridized carbons (Fsp3) is 0.300. The first-order valence-electron chi connectivity index (χ1n) is 8.85. The third-order valence-corrected chi connectivity index (χ3v) is 3.41. The summed E-state index contributed by atoms with van der Waals surface area (Å²) in [5.74, 6) is 0.403. The number of anilines is 1. The van der Waals surface area contributed by atoms with E-state index in [1.807, 2.05) is 6.92 Å². The Labute approximate surface area is 188 Å². The van der Waals surface area contributed by atoms with E-state index in [-0.39, 0.29) is 29.0 Å². The predicted octanol–water partition coefficient (Wildman–Crippen LogP) is 2.87. The van der Waals surface area contributed by atoms with E-state index in [4.69, 9.17) is 9.84 Å². The van der Waals surface area contributed by atoms with E-state index in [2.05, 4.69) is 45.6 Å². The van der Waals surface area contributed by atoms with Crippen LogP contribution in [-0.4, -0.2) is 43.1 Å². The number of nitrogens with zero attached hydrogens (tertiary/aromatic N) is 4. The number of aryl methyl sites for hydroxylation is 2. The Morgan fingerprint density at radius 2 is 2.10 bits per heavy atom. The van der Waals surface area contributed by atoms with Crippen LogP contribution >= 0.6 is 0 Å².